The van der Waals surface area contributed by atoms with Crippen LogP contribution in [0.4, 0.5) is 0 Å². The second-order valence-electron chi connectivity index (χ2n) is 8.51. The van der Waals surface area contributed by atoms with Crippen molar-refractivity contribution in [3.05, 3.63) is 30.0 Å². The van der Waals surface area contributed by atoms with Crippen molar-refractivity contribution in [3.63, 3.8) is 0 Å². The molecular weight excluding hydrogens is 362 g/mol. The lowest BCUT2D eigenvalue weighted by Crippen LogP contribution is -2.48. The number of benzene rings is 1. The average Bonchev–Trinajstić information content (AvgIpc) is 3.13. The van der Waals surface area contributed by atoms with Crippen LogP contribution in [0, 0.1) is 5.92 Å². The van der Waals surface area contributed by atoms with E-state index in [9.17, 15) is 4.79 Å². The van der Waals surface area contributed by atoms with Gasteiger partial charge in [-0.3, -0.25) is 4.79 Å². The Morgan fingerprint density at radius 1 is 1.07 bits per heavy atom. The van der Waals surface area contributed by atoms with E-state index in [-0.39, 0.29) is 5.91 Å². The highest BCUT2D eigenvalue weighted by Crippen LogP contribution is 2.33. The summed E-state index contributed by atoms with van der Waals surface area (Å²) in [6.45, 7) is 10.4. The monoisotopic (exact) mass is 397 g/mol. The van der Waals surface area contributed by atoms with E-state index in [1.165, 1.54) is 32.1 Å². The van der Waals surface area contributed by atoms with E-state index in [0.29, 0.717) is 12.5 Å². The Hall–Kier alpha value is -2.01. The molecule has 29 heavy (non-hydrogen) atoms. The van der Waals surface area contributed by atoms with Gasteiger partial charge in [-0.05, 0) is 38.3 Å². The first kappa shape index (κ1) is 20.3. The highest BCUT2D eigenvalue weighted by molar-refractivity contribution is 6.08. The molecule has 2 aromatic rings. The van der Waals surface area contributed by atoms with Gasteiger partial charge < -0.3 is 19.1 Å². The SMILES string of the molecule is CCOc1cccc2c(C(=O)N3CCN(CC)CC3)cn(CC3CCCCC3)c12. The normalized spacial score (nSPS) is 19.0. The van der Waals surface area contributed by atoms with Gasteiger partial charge in [-0.1, -0.05) is 38.3 Å². The van der Waals surface area contributed by atoms with E-state index < -0.39 is 0 Å². The molecule has 1 aliphatic carbocycles. The van der Waals surface area contributed by atoms with Crippen molar-refractivity contribution in [1.29, 1.82) is 0 Å². The zero-order chi connectivity index (χ0) is 20.2. The van der Waals surface area contributed by atoms with Crippen molar-refractivity contribution in [1.82, 2.24) is 14.4 Å². The number of fused-ring (bicyclic) bond motifs is 1. The van der Waals surface area contributed by atoms with Gasteiger partial charge in [0.2, 0.25) is 0 Å². The van der Waals surface area contributed by atoms with E-state index in [4.69, 9.17) is 4.74 Å². The first-order valence-electron chi connectivity index (χ1n) is 11.5. The molecule has 0 atom stereocenters. The second-order valence-corrected chi connectivity index (χ2v) is 8.51. The maximum absolute atomic E-state index is 13.4. The molecule has 4 rings (SSSR count). The predicted octanol–water partition coefficient (Wildman–Crippen LogP) is 4.40. The van der Waals surface area contributed by atoms with Gasteiger partial charge >= 0.3 is 0 Å². The number of carbonyl (C=O) groups excluding carboxylic acids is 1. The Bertz CT molecular complexity index is 830. The van der Waals surface area contributed by atoms with Crippen molar-refractivity contribution in [3.8, 4) is 5.75 Å². The first-order chi connectivity index (χ1) is 14.2. The summed E-state index contributed by atoms with van der Waals surface area (Å²) in [4.78, 5) is 17.9. The van der Waals surface area contributed by atoms with Crippen LogP contribution in [-0.2, 0) is 6.54 Å². The fraction of sp³-hybridized carbons (Fsp3) is 0.625. The number of aromatic nitrogens is 1. The lowest BCUT2D eigenvalue weighted by Gasteiger charge is -2.34. The fourth-order valence-electron chi connectivity index (χ4n) is 5.00. The third-order valence-electron chi connectivity index (χ3n) is 6.68. The Kier molecular flexibility index (Phi) is 6.43. The molecule has 1 saturated carbocycles. The number of likely N-dealkylation sites (N-methyl/N-ethyl adjacent to an activating group) is 1. The summed E-state index contributed by atoms with van der Waals surface area (Å²) >= 11 is 0. The Morgan fingerprint density at radius 2 is 1.83 bits per heavy atom. The van der Waals surface area contributed by atoms with Crippen LogP contribution in [0.3, 0.4) is 0 Å². The van der Waals surface area contributed by atoms with Crippen molar-refractivity contribution in [2.24, 2.45) is 5.92 Å². The van der Waals surface area contributed by atoms with Crippen molar-refractivity contribution in [2.75, 3.05) is 39.3 Å². The molecule has 1 saturated heterocycles. The second kappa shape index (κ2) is 9.21. The lowest BCUT2D eigenvalue weighted by molar-refractivity contribution is 0.0645. The van der Waals surface area contributed by atoms with Crippen molar-refractivity contribution >= 4 is 16.8 Å². The molecule has 2 heterocycles. The van der Waals surface area contributed by atoms with Gasteiger partial charge in [-0.25, -0.2) is 0 Å². The smallest absolute Gasteiger partial charge is 0.256 e. The summed E-state index contributed by atoms with van der Waals surface area (Å²) in [5.74, 6) is 1.77. The zero-order valence-corrected chi connectivity index (χ0v) is 18.0. The molecule has 5 nitrogen and oxygen atoms in total. The van der Waals surface area contributed by atoms with Crippen LogP contribution < -0.4 is 4.74 Å². The largest absolute Gasteiger partial charge is 0.492 e. The zero-order valence-electron chi connectivity index (χ0n) is 18.0. The molecule has 2 aliphatic rings. The minimum atomic E-state index is 0.168. The van der Waals surface area contributed by atoms with Gasteiger partial charge in [0, 0.05) is 44.3 Å². The standard InChI is InChI=1S/C24H35N3O2/c1-3-25-13-15-26(16-14-25)24(28)21-18-27(17-19-9-6-5-7-10-19)23-20(21)11-8-12-22(23)29-4-2/h8,11-12,18-19H,3-7,9-10,13-17H2,1-2H3. The number of rotatable bonds is 6. The summed E-state index contributed by atoms with van der Waals surface area (Å²) in [6.07, 6.45) is 8.71. The molecule has 0 unspecified atom stereocenters. The number of ether oxygens (including phenoxy) is 1. The maximum atomic E-state index is 13.4. The van der Waals surface area contributed by atoms with E-state index in [2.05, 4.69) is 28.7 Å². The number of hydrogen-bond acceptors (Lipinski definition) is 3. The number of amides is 1. The van der Waals surface area contributed by atoms with E-state index in [0.717, 1.165) is 61.5 Å². The van der Waals surface area contributed by atoms with E-state index in [1.807, 2.05) is 24.0 Å². The third kappa shape index (κ3) is 4.30. The number of para-hydroxylation sites is 1. The Labute approximate surface area is 174 Å². The van der Waals surface area contributed by atoms with Crippen LogP contribution in [-0.4, -0.2) is 59.6 Å². The quantitative estimate of drug-likeness (QED) is 0.725. The molecule has 2 fully saturated rings. The summed E-state index contributed by atoms with van der Waals surface area (Å²) in [5, 5.41) is 1.04. The third-order valence-corrected chi connectivity index (χ3v) is 6.68. The first-order valence-corrected chi connectivity index (χ1v) is 11.5. The molecule has 5 heteroatoms. The molecule has 1 aliphatic heterocycles. The molecule has 1 aromatic heterocycles. The van der Waals surface area contributed by atoms with Crippen LogP contribution in [0.5, 0.6) is 5.75 Å². The van der Waals surface area contributed by atoms with Crippen LogP contribution in [0.1, 0.15) is 56.3 Å². The van der Waals surface area contributed by atoms with Crippen LogP contribution in [0.2, 0.25) is 0 Å². The molecule has 1 amide bonds. The minimum absolute atomic E-state index is 0.168. The highest BCUT2D eigenvalue weighted by Gasteiger charge is 2.26. The van der Waals surface area contributed by atoms with Crippen molar-refractivity contribution < 1.29 is 9.53 Å². The summed E-state index contributed by atoms with van der Waals surface area (Å²) in [7, 11) is 0. The van der Waals surface area contributed by atoms with Gasteiger partial charge in [0.25, 0.3) is 5.91 Å². The number of hydrogen-bond donors (Lipinski definition) is 0. The van der Waals surface area contributed by atoms with Crippen LogP contribution in [0.25, 0.3) is 10.9 Å². The van der Waals surface area contributed by atoms with Crippen LogP contribution in [0.15, 0.2) is 24.4 Å². The van der Waals surface area contributed by atoms with Gasteiger partial charge in [-0.2, -0.15) is 0 Å². The van der Waals surface area contributed by atoms with E-state index >= 15 is 0 Å². The molecule has 0 bridgehead atoms. The average molecular weight is 398 g/mol. The predicted molar refractivity (Wildman–Crippen MR) is 118 cm³/mol. The molecule has 0 spiro atoms. The van der Waals surface area contributed by atoms with Gasteiger partial charge in [-0.15, -0.1) is 0 Å². The molecule has 0 radical (unpaired) electrons. The number of nitrogens with zero attached hydrogens (tertiary/aromatic N) is 3. The minimum Gasteiger partial charge on any atom is -0.492 e. The number of carbonyl (C=O) groups is 1. The molecular formula is C24H35N3O2. The fourth-order valence-corrected chi connectivity index (χ4v) is 5.00. The number of piperazine rings is 1. The van der Waals surface area contributed by atoms with Crippen LogP contribution >= 0.6 is 0 Å². The Balaban J connectivity index is 1.66. The summed E-state index contributed by atoms with van der Waals surface area (Å²) in [6, 6.07) is 6.15. The van der Waals surface area contributed by atoms with Gasteiger partial charge in [0.1, 0.15) is 5.75 Å². The molecule has 1 aromatic carbocycles. The molecule has 0 N–H and O–H groups in total. The lowest BCUT2D eigenvalue weighted by atomic mass is 9.89. The van der Waals surface area contributed by atoms with E-state index in [1.54, 1.807) is 0 Å². The van der Waals surface area contributed by atoms with Crippen molar-refractivity contribution in [2.45, 2.75) is 52.5 Å². The van der Waals surface area contributed by atoms with Gasteiger partial charge in [0.05, 0.1) is 17.7 Å². The summed E-state index contributed by atoms with van der Waals surface area (Å²) in [5.41, 5.74) is 1.93. The maximum Gasteiger partial charge on any atom is 0.256 e. The topological polar surface area (TPSA) is 37.7 Å². The van der Waals surface area contributed by atoms with Gasteiger partial charge in [0.15, 0.2) is 0 Å². The summed E-state index contributed by atoms with van der Waals surface area (Å²) < 4.78 is 8.28. The highest BCUT2D eigenvalue weighted by atomic mass is 16.5. The Morgan fingerprint density at radius 3 is 2.52 bits per heavy atom. The molecule has 158 valence electrons.